The van der Waals surface area contributed by atoms with Gasteiger partial charge in [-0.2, -0.15) is 0 Å². The molecule has 2 atom stereocenters. The molecule has 2 heterocycles. The minimum absolute atomic E-state index is 0.133. The third kappa shape index (κ3) is 3.37. The standard InChI is InChI=1S/C25H26N2O2S2/c1-4-26-18-10-6-8-12-20(18)30-22(26)14-16-24(28)17(25(16)29-3)15-23-27(5-2)19-11-7-9-13-21(19)31-23/h6-16,24,28H,4-5H2,1-3H3. The molecule has 2 aromatic carbocycles. The van der Waals surface area contributed by atoms with Crippen molar-refractivity contribution in [3.8, 4) is 0 Å². The SMILES string of the molecule is CCN1C(=CC2=C(OC)C(C=C3Sc4ccccc4N3CC)C2O)Sc2ccccc21. The van der Waals surface area contributed by atoms with Crippen LogP contribution < -0.4 is 9.80 Å². The van der Waals surface area contributed by atoms with Gasteiger partial charge in [0, 0.05) is 28.5 Å². The summed E-state index contributed by atoms with van der Waals surface area (Å²) in [5.41, 5.74) is 3.34. The zero-order valence-electron chi connectivity index (χ0n) is 17.9. The Bertz CT molecular complexity index is 1110. The van der Waals surface area contributed by atoms with E-state index in [9.17, 15) is 5.11 Å². The van der Waals surface area contributed by atoms with Crippen LogP contribution in [0.2, 0.25) is 0 Å². The number of hydrogen-bond acceptors (Lipinski definition) is 6. The number of hydrogen-bond donors (Lipinski definition) is 1. The number of aliphatic hydroxyl groups excluding tert-OH is 1. The van der Waals surface area contributed by atoms with Gasteiger partial charge < -0.3 is 19.6 Å². The maximum Gasteiger partial charge on any atom is 0.111 e. The topological polar surface area (TPSA) is 35.9 Å². The van der Waals surface area contributed by atoms with Crippen molar-refractivity contribution in [2.45, 2.75) is 29.7 Å². The van der Waals surface area contributed by atoms with Crippen LogP contribution in [0.15, 0.2) is 91.9 Å². The number of thioether (sulfide) groups is 2. The highest BCUT2D eigenvalue weighted by molar-refractivity contribution is 8.04. The average molecular weight is 451 g/mol. The molecule has 0 fully saturated rings. The highest BCUT2D eigenvalue weighted by Crippen LogP contribution is 2.50. The van der Waals surface area contributed by atoms with E-state index < -0.39 is 6.10 Å². The number of fused-ring (bicyclic) bond motifs is 2. The molecule has 160 valence electrons. The van der Waals surface area contributed by atoms with Gasteiger partial charge in [-0.1, -0.05) is 47.8 Å². The van der Waals surface area contributed by atoms with Gasteiger partial charge in [-0.3, -0.25) is 0 Å². The zero-order chi connectivity index (χ0) is 21.5. The molecule has 6 heteroatoms. The van der Waals surface area contributed by atoms with Crippen molar-refractivity contribution in [3.63, 3.8) is 0 Å². The average Bonchev–Trinajstić information content (AvgIpc) is 3.34. The molecule has 0 amide bonds. The monoisotopic (exact) mass is 450 g/mol. The molecular weight excluding hydrogens is 424 g/mol. The number of anilines is 2. The summed E-state index contributed by atoms with van der Waals surface area (Å²) in [5.74, 6) is 0.722. The van der Waals surface area contributed by atoms with E-state index in [0.29, 0.717) is 0 Å². The lowest BCUT2D eigenvalue weighted by Crippen LogP contribution is -2.36. The van der Waals surface area contributed by atoms with Crippen LogP contribution in [0.25, 0.3) is 0 Å². The zero-order valence-corrected chi connectivity index (χ0v) is 19.5. The second-order valence-electron chi connectivity index (χ2n) is 7.61. The second-order valence-corrected chi connectivity index (χ2v) is 9.73. The normalized spacial score (nSPS) is 24.6. The van der Waals surface area contributed by atoms with Gasteiger partial charge in [-0.05, 0) is 50.3 Å². The largest absolute Gasteiger partial charge is 0.500 e. The molecule has 3 aliphatic rings. The number of benzene rings is 2. The molecule has 31 heavy (non-hydrogen) atoms. The number of aliphatic hydroxyl groups is 1. The van der Waals surface area contributed by atoms with Gasteiger partial charge in [0.2, 0.25) is 0 Å². The lowest BCUT2D eigenvalue weighted by molar-refractivity contribution is 0.0947. The summed E-state index contributed by atoms with van der Waals surface area (Å²) in [6.07, 6.45) is 3.69. The van der Waals surface area contributed by atoms with E-state index in [1.165, 1.54) is 21.2 Å². The fraction of sp³-hybridized carbons (Fsp3) is 0.280. The second kappa shape index (κ2) is 8.34. The van der Waals surface area contributed by atoms with Crippen LogP contribution >= 0.6 is 23.5 Å². The molecule has 0 spiro atoms. The van der Waals surface area contributed by atoms with Crippen LogP contribution in [0.3, 0.4) is 0 Å². The molecule has 0 aromatic heterocycles. The predicted octanol–water partition coefficient (Wildman–Crippen LogP) is 5.82. The summed E-state index contributed by atoms with van der Waals surface area (Å²) in [6, 6.07) is 16.9. The van der Waals surface area contributed by atoms with Crippen LogP contribution in [0.5, 0.6) is 0 Å². The Morgan fingerprint density at radius 1 is 0.903 bits per heavy atom. The first-order valence-corrected chi connectivity index (χ1v) is 12.3. The van der Waals surface area contributed by atoms with Gasteiger partial charge in [0.15, 0.2) is 0 Å². The van der Waals surface area contributed by atoms with Crippen molar-refractivity contribution in [2.75, 3.05) is 30.0 Å². The lowest BCUT2D eigenvalue weighted by atomic mass is 9.80. The highest BCUT2D eigenvalue weighted by Gasteiger charge is 2.40. The molecule has 0 saturated carbocycles. The summed E-state index contributed by atoms with van der Waals surface area (Å²) in [7, 11) is 1.70. The van der Waals surface area contributed by atoms with Gasteiger partial charge in [-0.25, -0.2) is 0 Å². The number of ether oxygens (including phenoxy) is 1. The molecule has 2 aromatic rings. The first kappa shape index (κ1) is 20.6. The van der Waals surface area contributed by atoms with Crippen LogP contribution in [0.4, 0.5) is 11.4 Å². The summed E-state index contributed by atoms with van der Waals surface area (Å²) in [4.78, 5) is 7.11. The maximum atomic E-state index is 11.1. The van der Waals surface area contributed by atoms with E-state index in [0.717, 1.165) is 34.5 Å². The number of nitrogens with zero attached hydrogens (tertiary/aromatic N) is 2. The quantitative estimate of drug-likeness (QED) is 0.618. The predicted molar refractivity (Wildman–Crippen MR) is 130 cm³/mol. The fourth-order valence-corrected chi connectivity index (χ4v) is 6.82. The molecule has 0 saturated heterocycles. The van der Waals surface area contributed by atoms with Gasteiger partial charge in [0.1, 0.15) is 5.76 Å². The molecule has 4 nitrogen and oxygen atoms in total. The smallest absolute Gasteiger partial charge is 0.111 e. The summed E-state index contributed by atoms with van der Waals surface area (Å²) >= 11 is 3.51. The minimum Gasteiger partial charge on any atom is -0.500 e. The Morgan fingerprint density at radius 2 is 1.45 bits per heavy atom. The van der Waals surface area contributed by atoms with E-state index in [2.05, 4.69) is 84.3 Å². The van der Waals surface area contributed by atoms with E-state index >= 15 is 0 Å². The molecule has 0 radical (unpaired) electrons. The maximum absolute atomic E-state index is 11.1. The Hall–Kier alpha value is -2.28. The van der Waals surface area contributed by atoms with Crippen molar-refractivity contribution in [1.29, 1.82) is 0 Å². The number of rotatable bonds is 5. The van der Waals surface area contributed by atoms with Crippen LogP contribution in [0.1, 0.15) is 13.8 Å². The van der Waals surface area contributed by atoms with E-state index in [1.807, 2.05) is 0 Å². The Labute approximate surface area is 192 Å². The molecular formula is C25H26N2O2S2. The van der Waals surface area contributed by atoms with Crippen LogP contribution in [-0.2, 0) is 4.74 Å². The van der Waals surface area contributed by atoms with Crippen LogP contribution in [0, 0.1) is 5.92 Å². The molecule has 5 rings (SSSR count). The Balaban J connectivity index is 1.45. The minimum atomic E-state index is -0.569. The van der Waals surface area contributed by atoms with Gasteiger partial charge >= 0.3 is 0 Å². The first-order chi connectivity index (χ1) is 15.2. The van der Waals surface area contributed by atoms with Crippen molar-refractivity contribution in [1.82, 2.24) is 0 Å². The molecule has 1 aliphatic carbocycles. The molecule has 2 unspecified atom stereocenters. The summed E-state index contributed by atoms with van der Waals surface area (Å²) in [5, 5.41) is 13.4. The Kier molecular flexibility index (Phi) is 5.54. The number of methoxy groups -OCH3 is 1. The van der Waals surface area contributed by atoms with Crippen LogP contribution in [-0.4, -0.2) is 31.4 Å². The van der Waals surface area contributed by atoms with Crippen molar-refractivity contribution in [2.24, 2.45) is 5.92 Å². The van der Waals surface area contributed by atoms with E-state index in [1.54, 1.807) is 30.6 Å². The molecule has 0 bridgehead atoms. The van der Waals surface area contributed by atoms with Crippen molar-refractivity contribution in [3.05, 3.63) is 82.1 Å². The molecule has 1 N–H and O–H groups in total. The van der Waals surface area contributed by atoms with Gasteiger partial charge in [0.25, 0.3) is 0 Å². The molecule has 2 aliphatic heterocycles. The van der Waals surface area contributed by atoms with Crippen molar-refractivity contribution < 1.29 is 9.84 Å². The highest BCUT2D eigenvalue weighted by atomic mass is 32.2. The lowest BCUT2D eigenvalue weighted by Gasteiger charge is -2.36. The van der Waals surface area contributed by atoms with Crippen molar-refractivity contribution >= 4 is 34.9 Å². The first-order valence-electron chi connectivity index (χ1n) is 10.6. The van der Waals surface area contributed by atoms with E-state index in [4.69, 9.17) is 4.74 Å². The summed E-state index contributed by atoms with van der Waals surface area (Å²) < 4.78 is 5.77. The fourth-order valence-electron chi connectivity index (χ4n) is 4.43. The third-order valence-corrected chi connectivity index (χ3v) is 8.22. The third-order valence-electron chi connectivity index (χ3n) is 5.97. The van der Waals surface area contributed by atoms with E-state index in [-0.39, 0.29) is 5.92 Å². The number of para-hydroxylation sites is 2. The van der Waals surface area contributed by atoms with Gasteiger partial charge in [-0.15, -0.1) is 0 Å². The van der Waals surface area contributed by atoms with Gasteiger partial charge in [0.05, 0.1) is 40.6 Å². The Morgan fingerprint density at radius 3 is 2.03 bits per heavy atom. The summed E-state index contributed by atoms with van der Waals surface area (Å²) in [6.45, 7) is 6.09.